The van der Waals surface area contributed by atoms with Gasteiger partial charge in [-0.2, -0.15) is 0 Å². The van der Waals surface area contributed by atoms with Crippen LogP contribution in [0.5, 0.6) is 0 Å². The minimum atomic E-state index is -4.53. The molecular weight excluding hydrogens is 649 g/mol. The van der Waals surface area contributed by atoms with Crippen molar-refractivity contribution >= 4 is 13.8 Å². The summed E-state index contributed by atoms with van der Waals surface area (Å²) >= 11 is 0. The summed E-state index contributed by atoms with van der Waals surface area (Å²) in [7, 11) is 1.33. The summed E-state index contributed by atoms with van der Waals surface area (Å²) in [5.41, 5.74) is 0. The SMILES string of the molecule is CC/C=C\C/C=C\C/C=C\C/C=C\CCCCCOCC(COP(=O)([O-])OCC[N+](C)(C)C)OC(=O)CCCCCCCCCCCCCC. The first kappa shape index (κ1) is 48.5. The number of ether oxygens (including phenoxy) is 2. The molecular formula is C41H76NO7P. The van der Waals surface area contributed by atoms with Crippen LogP contribution in [0.1, 0.15) is 149 Å². The molecule has 0 bridgehead atoms. The number of carbonyl (C=O) groups excluding carboxylic acids is 1. The predicted octanol–water partition coefficient (Wildman–Crippen LogP) is 10.6. The van der Waals surface area contributed by atoms with Crippen molar-refractivity contribution in [3.8, 4) is 0 Å². The third-order valence-corrected chi connectivity index (χ3v) is 9.11. The molecule has 0 saturated heterocycles. The minimum absolute atomic E-state index is 0.0190. The maximum absolute atomic E-state index is 12.6. The Hall–Kier alpha value is -1.54. The molecule has 2 atom stereocenters. The molecule has 0 heterocycles. The number of phosphoric ester groups is 1. The fraction of sp³-hybridized carbons (Fsp3) is 0.780. The van der Waals surface area contributed by atoms with Gasteiger partial charge in [0.15, 0.2) is 0 Å². The van der Waals surface area contributed by atoms with Crippen LogP contribution in [0.2, 0.25) is 0 Å². The molecule has 0 rings (SSSR count). The number of likely N-dealkylation sites (N-methyl/N-ethyl adjacent to an activating group) is 1. The van der Waals surface area contributed by atoms with Gasteiger partial charge < -0.3 is 27.9 Å². The van der Waals surface area contributed by atoms with Gasteiger partial charge in [0.05, 0.1) is 34.4 Å². The van der Waals surface area contributed by atoms with Crippen LogP contribution in [-0.4, -0.2) is 70.7 Å². The Balaban J connectivity index is 4.35. The summed E-state index contributed by atoms with van der Waals surface area (Å²) < 4.78 is 34.4. The molecule has 0 aromatic heterocycles. The van der Waals surface area contributed by atoms with Crippen molar-refractivity contribution in [3.63, 3.8) is 0 Å². The van der Waals surface area contributed by atoms with Gasteiger partial charge in [0.2, 0.25) is 0 Å². The first-order chi connectivity index (χ1) is 24.1. The smallest absolute Gasteiger partial charge is 0.306 e. The van der Waals surface area contributed by atoms with Crippen LogP contribution in [0.25, 0.3) is 0 Å². The van der Waals surface area contributed by atoms with E-state index in [9.17, 15) is 14.3 Å². The van der Waals surface area contributed by atoms with E-state index in [0.29, 0.717) is 24.1 Å². The topological polar surface area (TPSA) is 94.1 Å². The molecule has 50 heavy (non-hydrogen) atoms. The van der Waals surface area contributed by atoms with E-state index in [2.05, 4.69) is 62.5 Å². The lowest BCUT2D eigenvalue weighted by atomic mass is 10.0. The number of carbonyl (C=O) groups is 1. The van der Waals surface area contributed by atoms with E-state index < -0.39 is 13.9 Å². The highest BCUT2D eigenvalue weighted by Gasteiger charge is 2.20. The van der Waals surface area contributed by atoms with E-state index in [1.165, 1.54) is 57.8 Å². The van der Waals surface area contributed by atoms with Crippen molar-refractivity contribution in [1.29, 1.82) is 0 Å². The Kier molecular flexibility index (Phi) is 33.5. The summed E-state index contributed by atoms with van der Waals surface area (Å²) in [5.74, 6) is -0.348. The quantitative estimate of drug-likeness (QED) is 0.0209. The van der Waals surface area contributed by atoms with Crippen LogP contribution < -0.4 is 4.89 Å². The van der Waals surface area contributed by atoms with Gasteiger partial charge in [-0.05, 0) is 51.4 Å². The number of phosphoric acid groups is 1. The molecule has 0 aromatic rings. The van der Waals surface area contributed by atoms with E-state index in [1.54, 1.807) is 0 Å². The summed E-state index contributed by atoms with van der Waals surface area (Å²) in [6.07, 6.45) is 39.8. The van der Waals surface area contributed by atoms with Crippen molar-refractivity contribution < 1.29 is 37.3 Å². The molecule has 292 valence electrons. The zero-order valence-electron chi connectivity index (χ0n) is 32.8. The maximum atomic E-state index is 12.6. The van der Waals surface area contributed by atoms with Gasteiger partial charge in [-0.25, -0.2) is 0 Å². The third-order valence-electron chi connectivity index (χ3n) is 8.14. The van der Waals surface area contributed by atoms with Crippen molar-refractivity contribution in [2.45, 2.75) is 155 Å². The second-order valence-electron chi connectivity index (χ2n) is 14.3. The summed E-state index contributed by atoms with van der Waals surface area (Å²) in [4.78, 5) is 24.9. The van der Waals surface area contributed by atoms with E-state index in [4.69, 9.17) is 18.5 Å². The number of quaternary nitrogens is 1. The highest BCUT2D eigenvalue weighted by molar-refractivity contribution is 7.45. The molecule has 0 fully saturated rings. The Morgan fingerprint density at radius 2 is 1.16 bits per heavy atom. The maximum Gasteiger partial charge on any atom is 0.306 e. The fourth-order valence-electron chi connectivity index (χ4n) is 5.06. The average Bonchev–Trinajstić information content (AvgIpc) is 3.06. The van der Waals surface area contributed by atoms with Crippen LogP contribution in [-0.2, 0) is 27.9 Å². The van der Waals surface area contributed by atoms with Gasteiger partial charge in [-0.15, -0.1) is 0 Å². The Morgan fingerprint density at radius 3 is 1.72 bits per heavy atom. The van der Waals surface area contributed by atoms with Crippen LogP contribution in [0.15, 0.2) is 48.6 Å². The van der Waals surface area contributed by atoms with Gasteiger partial charge in [0.1, 0.15) is 19.3 Å². The highest BCUT2D eigenvalue weighted by Crippen LogP contribution is 2.38. The van der Waals surface area contributed by atoms with Crippen molar-refractivity contribution in [2.75, 3.05) is 54.1 Å². The summed E-state index contributed by atoms with van der Waals surface area (Å²) in [5, 5.41) is 0. The molecule has 9 heteroatoms. The molecule has 2 unspecified atom stereocenters. The molecule has 0 aliphatic heterocycles. The lowest BCUT2D eigenvalue weighted by Crippen LogP contribution is -2.37. The van der Waals surface area contributed by atoms with E-state index in [-0.39, 0.29) is 25.8 Å². The second kappa shape index (κ2) is 34.5. The monoisotopic (exact) mass is 726 g/mol. The first-order valence-corrected chi connectivity index (χ1v) is 21.3. The Bertz CT molecular complexity index is 942. The lowest BCUT2D eigenvalue weighted by Gasteiger charge is -2.28. The molecule has 0 aliphatic rings. The van der Waals surface area contributed by atoms with Crippen molar-refractivity contribution in [2.24, 2.45) is 0 Å². The lowest BCUT2D eigenvalue weighted by molar-refractivity contribution is -0.870. The molecule has 0 N–H and O–H groups in total. The second-order valence-corrected chi connectivity index (χ2v) is 15.7. The fourth-order valence-corrected chi connectivity index (χ4v) is 5.79. The summed E-state index contributed by atoms with van der Waals surface area (Å²) in [6, 6.07) is 0. The van der Waals surface area contributed by atoms with E-state index in [0.717, 1.165) is 70.6 Å². The van der Waals surface area contributed by atoms with Crippen LogP contribution in [0, 0.1) is 0 Å². The van der Waals surface area contributed by atoms with Crippen molar-refractivity contribution in [1.82, 2.24) is 0 Å². The first-order valence-electron chi connectivity index (χ1n) is 19.9. The van der Waals surface area contributed by atoms with Crippen LogP contribution in [0.3, 0.4) is 0 Å². The van der Waals surface area contributed by atoms with Gasteiger partial charge in [0.25, 0.3) is 7.82 Å². The molecule has 0 aromatic carbocycles. The number of unbranched alkanes of at least 4 members (excludes halogenated alkanes) is 14. The molecule has 0 spiro atoms. The summed E-state index contributed by atoms with van der Waals surface area (Å²) in [6.45, 7) is 5.20. The number of hydrogen-bond donors (Lipinski definition) is 0. The zero-order chi connectivity index (χ0) is 37.0. The van der Waals surface area contributed by atoms with Crippen LogP contribution in [0.4, 0.5) is 0 Å². The predicted molar refractivity (Wildman–Crippen MR) is 208 cm³/mol. The number of rotatable bonds is 36. The minimum Gasteiger partial charge on any atom is -0.756 e. The number of allylic oxidation sites excluding steroid dienone is 8. The third kappa shape index (κ3) is 37.7. The Labute approximate surface area is 308 Å². The highest BCUT2D eigenvalue weighted by atomic mass is 31.2. The number of hydrogen-bond acceptors (Lipinski definition) is 7. The standard InChI is InChI=1S/C41H76NO7P/c1-6-8-10-12-14-16-18-20-21-22-23-25-27-29-31-33-36-46-38-40(39-48-50(44,45)47-37-35-42(3,4)5)49-41(43)34-32-30-28-26-24-19-17-15-13-11-9-7-2/h8,10,14,16,20-21,23,25,40H,6-7,9,11-13,15,17-19,22,24,26-39H2,1-5H3/b10-8-,16-14-,21-20-,25-23-. The Morgan fingerprint density at radius 1 is 0.640 bits per heavy atom. The van der Waals surface area contributed by atoms with E-state index in [1.807, 2.05) is 21.1 Å². The normalized spacial score (nSPS) is 14.4. The molecule has 0 saturated carbocycles. The van der Waals surface area contributed by atoms with Gasteiger partial charge in [-0.3, -0.25) is 9.36 Å². The molecule has 8 nitrogen and oxygen atoms in total. The average molecular weight is 726 g/mol. The molecule has 0 aliphatic carbocycles. The molecule has 0 radical (unpaired) electrons. The van der Waals surface area contributed by atoms with E-state index >= 15 is 0 Å². The van der Waals surface area contributed by atoms with Gasteiger partial charge in [0, 0.05) is 13.0 Å². The van der Waals surface area contributed by atoms with Crippen molar-refractivity contribution in [3.05, 3.63) is 48.6 Å². The van der Waals surface area contributed by atoms with Gasteiger partial charge in [-0.1, -0.05) is 140 Å². The largest absolute Gasteiger partial charge is 0.756 e. The zero-order valence-corrected chi connectivity index (χ0v) is 33.7. The number of nitrogens with zero attached hydrogens (tertiary/aromatic N) is 1. The van der Waals surface area contributed by atoms with Crippen LogP contribution >= 0.6 is 7.82 Å². The van der Waals surface area contributed by atoms with Gasteiger partial charge >= 0.3 is 5.97 Å². The number of esters is 1. The molecule has 0 amide bonds.